The third kappa shape index (κ3) is 5.87. The molecule has 0 aliphatic carbocycles. The van der Waals surface area contributed by atoms with Gasteiger partial charge in [-0.05, 0) is 86.8 Å². The Bertz CT molecular complexity index is 1500. The fourth-order valence-electron chi connectivity index (χ4n) is 5.06. The van der Waals surface area contributed by atoms with Crippen LogP contribution in [0, 0.1) is 0 Å². The van der Waals surface area contributed by atoms with Crippen LogP contribution in [0.1, 0.15) is 46.1 Å². The molecule has 39 heavy (non-hydrogen) atoms. The van der Waals surface area contributed by atoms with E-state index in [1.807, 2.05) is 27.0 Å². The van der Waals surface area contributed by atoms with Crippen molar-refractivity contribution in [3.05, 3.63) is 85.0 Å². The summed E-state index contributed by atoms with van der Waals surface area (Å²) in [7, 11) is 0. The van der Waals surface area contributed by atoms with E-state index in [0.29, 0.717) is 0 Å². The van der Waals surface area contributed by atoms with Crippen LogP contribution in [-0.4, -0.2) is 45.5 Å². The second-order valence-electron chi connectivity index (χ2n) is 11.0. The molecule has 3 aromatic carbocycles. The lowest BCUT2D eigenvalue weighted by atomic mass is 9.98. The van der Waals surface area contributed by atoms with Crippen molar-refractivity contribution in [2.24, 2.45) is 4.99 Å². The molecule has 2 N–H and O–H groups in total. The minimum Gasteiger partial charge on any atom is -0.444 e. The van der Waals surface area contributed by atoms with E-state index in [0.717, 1.165) is 46.5 Å². The van der Waals surface area contributed by atoms with E-state index in [4.69, 9.17) is 4.74 Å². The molecule has 0 radical (unpaired) electrons. The Morgan fingerprint density at radius 2 is 1.72 bits per heavy atom. The number of nitrogens with one attached hydrogen (secondary N) is 2. The van der Waals surface area contributed by atoms with Gasteiger partial charge in [0.05, 0.1) is 23.9 Å². The largest absolute Gasteiger partial charge is 0.444 e. The number of aliphatic imine (C=N–C) groups is 1. The molecule has 5 rings (SSSR count). The standard InChI is InChI=1S/C32H35N5O2/c1-21-6-15-30(37(21)31(38)39-32(2,3)4)36-29(18-33-5)23-9-7-22(8-10-23)24-11-12-26-17-27(14-13-25(26)16-24)28-19-34-20-35-28/h7-14,16-21,30,36H,5-6,15H2,1-4H3,(H,34,35)/b29-18-/t21-,30?/m0/s1. The highest BCUT2D eigenvalue weighted by Gasteiger charge is 2.37. The molecule has 1 unspecified atom stereocenters. The Balaban J connectivity index is 1.35. The second kappa shape index (κ2) is 10.8. The van der Waals surface area contributed by atoms with Crippen LogP contribution in [0.15, 0.2) is 84.4 Å². The van der Waals surface area contributed by atoms with Gasteiger partial charge < -0.3 is 15.0 Å². The number of likely N-dealkylation sites (tertiary alicyclic amines) is 1. The molecule has 0 saturated carbocycles. The molecule has 1 saturated heterocycles. The minimum absolute atomic E-state index is 0.0844. The number of carbonyl (C=O) groups is 1. The zero-order valence-electron chi connectivity index (χ0n) is 22.9. The quantitative estimate of drug-likeness (QED) is 0.262. The van der Waals surface area contributed by atoms with Crippen LogP contribution >= 0.6 is 0 Å². The van der Waals surface area contributed by atoms with Crippen LogP contribution in [-0.2, 0) is 4.74 Å². The number of H-pyrrole nitrogens is 1. The molecule has 1 aromatic heterocycles. The molecule has 2 atom stereocenters. The number of benzene rings is 3. The monoisotopic (exact) mass is 521 g/mol. The lowest BCUT2D eigenvalue weighted by Crippen LogP contribution is -2.48. The normalized spacial score (nSPS) is 17.8. The van der Waals surface area contributed by atoms with Crippen LogP contribution in [0.2, 0.25) is 0 Å². The molecule has 0 bridgehead atoms. The van der Waals surface area contributed by atoms with Gasteiger partial charge in [-0.1, -0.05) is 48.5 Å². The molecule has 200 valence electrons. The zero-order chi connectivity index (χ0) is 27.6. The first-order valence-corrected chi connectivity index (χ1v) is 13.3. The second-order valence-corrected chi connectivity index (χ2v) is 11.0. The van der Waals surface area contributed by atoms with Crippen LogP contribution in [0.5, 0.6) is 0 Å². The first-order valence-electron chi connectivity index (χ1n) is 13.3. The average molecular weight is 522 g/mol. The number of aromatic nitrogens is 2. The van der Waals surface area contributed by atoms with Crippen molar-refractivity contribution in [2.75, 3.05) is 0 Å². The van der Waals surface area contributed by atoms with Gasteiger partial charge >= 0.3 is 6.09 Å². The van der Waals surface area contributed by atoms with Crippen molar-refractivity contribution in [2.45, 2.75) is 58.3 Å². The first-order chi connectivity index (χ1) is 18.7. The summed E-state index contributed by atoms with van der Waals surface area (Å²) in [6, 6.07) is 21.4. The Hall–Kier alpha value is -4.39. The Labute approximate surface area is 229 Å². The van der Waals surface area contributed by atoms with Crippen molar-refractivity contribution < 1.29 is 9.53 Å². The van der Waals surface area contributed by atoms with Crippen molar-refractivity contribution in [3.63, 3.8) is 0 Å². The van der Waals surface area contributed by atoms with Crippen molar-refractivity contribution in [1.29, 1.82) is 0 Å². The number of nitrogens with zero attached hydrogens (tertiary/aromatic N) is 3. The van der Waals surface area contributed by atoms with Gasteiger partial charge in [-0.2, -0.15) is 0 Å². The third-order valence-corrected chi connectivity index (χ3v) is 6.99. The van der Waals surface area contributed by atoms with Gasteiger partial charge in [-0.25, -0.2) is 9.78 Å². The molecule has 1 amide bonds. The number of aromatic amines is 1. The van der Waals surface area contributed by atoms with E-state index < -0.39 is 5.60 Å². The van der Waals surface area contributed by atoms with Gasteiger partial charge in [0.15, 0.2) is 0 Å². The lowest BCUT2D eigenvalue weighted by Gasteiger charge is -2.32. The number of amides is 1. The highest BCUT2D eigenvalue weighted by atomic mass is 16.6. The number of fused-ring (bicyclic) bond motifs is 1. The SMILES string of the molecule is C=N/C=C(\NC1CC[C@H](C)N1C(=O)OC(C)(C)C)c1ccc(-c2ccc3cc(-c4cnc[nH]4)ccc3c2)cc1. The summed E-state index contributed by atoms with van der Waals surface area (Å²) in [5.74, 6) is 0. The van der Waals surface area contributed by atoms with Gasteiger partial charge in [-0.15, -0.1) is 0 Å². The number of hydrogen-bond acceptors (Lipinski definition) is 5. The molecular weight excluding hydrogens is 486 g/mol. The van der Waals surface area contributed by atoms with Gasteiger partial charge in [-0.3, -0.25) is 9.89 Å². The molecule has 2 heterocycles. The summed E-state index contributed by atoms with van der Waals surface area (Å²) in [6.07, 6.45) is 6.47. The van der Waals surface area contributed by atoms with Crippen LogP contribution < -0.4 is 5.32 Å². The minimum atomic E-state index is -0.550. The Kier molecular flexibility index (Phi) is 7.24. The maximum atomic E-state index is 12.9. The van der Waals surface area contributed by atoms with Crippen LogP contribution in [0.25, 0.3) is 38.9 Å². The van der Waals surface area contributed by atoms with Crippen molar-refractivity contribution in [1.82, 2.24) is 20.2 Å². The van der Waals surface area contributed by atoms with Crippen molar-refractivity contribution in [3.8, 4) is 22.4 Å². The number of imidazole rings is 1. The third-order valence-electron chi connectivity index (χ3n) is 6.99. The zero-order valence-corrected chi connectivity index (χ0v) is 22.9. The fourth-order valence-corrected chi connectivity index (χ4v) is 5.06. The van der Waals surface area contributed by atoms with Gasteiger partial charge in [0.2, 0.25) is 0 Å². The van der Waals surface area contributed by atoms with Gasteiger partial charge in [0, 0.05) is 17.8 Å². The number of rotatable bonds is 6. The summed E-state index contributed by atoms with van der Waals surface area (Å²) < 4.78 is 5.68. The summed E-state index contributed by atoms with van der Waals surface area (Å²) in [5.41, 5.74) is 5.62. The van der Waals surface area contributed by atoms with Gasteiger partial charge in [0.1, 0.15) is 11.8 Å². The van der Waals surface area contributed by atoms with E-state index in [-0.39, 0.29) is 18.3 Å². The predicted octanol–water partition coefficient (Wildman–Crippen LogP) is 7.23. The molecule has 7 heteroatoms. The van der Waals surface area contributed by atoms with Crippen LogP contribution in [0.4, 0.5) is 4.79 Å². The average Bonchev–Trinajstić information content (AvgIpc) is 3.57. The summed E-state index contributed by atoms with van der Waals surface area (Å²) in [4.78, 5) is 26.0. The highest BCUT2D eigenvalue weighted by molar-refractivity contribution is 5.90. The first kappa shape index (κ1) is 26.2. The molecule has 0 spiro atoms. The Morgan fingerprint density at radius 1 is 1.05 bits per heavy atom. The number of carbonyl (C=O) groups excluding carboxylic acids is 1. The summed E-state index contributed by atoms with van der Waals surface area (Å²) >= 11 is 0. The number of hydrogen-bond donors (Lipinski definition) is 2. The van der Waals surface area contributed by atoms with Gasteiger partial charge in [0.25, 0.3) is 0 Å². The van der Waals surface area contributed by atoms with E-state index in [2.05, 4.69) is 94.6 Å². The topological polar surface area (TPSA) is 82.6 Å². The maximum absolute atomic E-state index is 12.9. The fraction of sp³-hybridized carbons (Fsp3) is 0.281. The maximum Gasteiger partial charge on any atom is 0.412 e. The summed E-state index contributed by atoms with van der Waals surface area (Å²) in [6.45, 7) is 11.4. The molecule has 1 fully saturated rings. The van der Waals surface area contributed by atoms with Crippen molar-refractivity contribution >= 4 is 29.3 Å². The summed E-state index contributed by atoms with van der Waals surface area (Å²) in [5, 5.41) is 5.88. The molecule has 1 aliphatic heterocycles. The molecule has 7 nitrogen and oxygen atoms in total. The van der Waals surface area contributed by atoms with E-state index >= 15 is 0 Å². The highest BCUT2D eigenvalue weighted by Crippen LogP contribution is 2.30. The number of ether oxygens (including phenoxy) is 1. The van der Waals surface area contributed by atoms with E-state index in [9.17, 15) is 4.79 Å². The smallest absolute Gasteiger partial charge is 0.412 e. The Morgan fingerprint density at radius 3 is 2.36 bits per heavy atom. The molecule has 4 aromatic rings. The van der Waals surface area contributed by atoms with E-state index in [1.165, 1.54) is 10.8 Å². The molecular formula is C32H35N5O2. The lowest BCUT2D eigenvalue weighted by molar-refractivity contribution is 0.0146. The van der Waals surface area contributed by atoms with E-state index in [1.54, 1.807) is 17.4 Å². The predicted molar refractivity (Wildman–Crippen MR) is 158 cm³/mol. The van der Waals surface area contributed by atoms with Crippen LogP contribution in [0.3, 0.4) is 0 Å². The molecule has 1 aliphatic rings.